The van der Waals surface area contributed by atoms with Crippen LogP contribution in [0.15, 0.2) is 11.6 Å². The van der Waals surface area contributed by atoms with Gasteiger partial charge in [0.2, 0.25) is 5.91 Å². The van der Waals surface area contributed by atoms with Crippen molar-refractivity contribution in [3.05, 3.63) is 11.6 Å². The van der Waals surface area contributed by atoms with Crippen LogP contribution in [0.2, 0.25) is 0 Å². The molecule has 1 heterocycles. The Bertz CT molecular complexity index is 556. The predicted molar refractivity (Wildman–Crippen MR) is 78.1 cm³/mol. The molecular weight excluding hydrogens is 264 g/mol. The fourth-order valence-electron chi connectivity index (χ4n) is 3.91. The highest BCUT2D eigenvalue weighted by atomic mass is 16.2. The first-order valence-electron chi connectivity index (χ1n) is 7.83. The van der Waals surface area contributed by atoms with Gasteiger partial charge in [0.15, 0.2) is 5.78 Å². The summed E-state index contributed by atoms with van der Waals surface area (Å²) in [6.45, 7) is 5.38. The minimum Gasteiger partial charge on any atom is -0.342 e. The molecule has 0 aromatic rings. The molecule has 2 fully saturated rings. The maximum Gasteiger partial charge on any atom is 0.225 e. The van der Waals surface area contributed by atoms with Gasteiger partial charge in [-0.3, -0.25) is 9.59 Å². The summed E-state index contributed by atoms with van der Waals surface area (Å²) in [6, 6.07) is 2.07. The number of nitrogens with zero attached hydrogens (tertiary/aromatic N) is 2. The number of Topliss-reactive ketones (excluding diaryl/α,β-unsaturated/α-hetero) is 1. The number of amides is 1. The summed E-state index contributed by atoms with van der Waals surface area (Å²) >= 11 is 0. The number of hydrogen-bond donors (Lipinski definition) is 0. The Morgan fingerprint density at radius 3 is 2.48 bits per heavy atom. The first-order chi connectivity index (χ1) is 9.87. The molecule has 1 saturated heterocycles. The second kappa shape index (κ2) is 4.69. The largest absolute Gasteiger partial charge is 0.342 e. The zero-order chi connectivity index (χ0) is 15.3. The van der Waals surface area contributed by atoms with E-state index >= 15 is 0 Å². The molecule has 4 nitrogen and oxygen atoms in total. The van der Waals surface area contributed by atoms with Crippen LogP contribution in [0.4, 0.5) is 0 Å². The maximum atomic E-state index is 12.2. The molecule has 3 aliphatic rings. The molecule has 0 bridgehead atoms. The molecule has 112 valence electrons. The van der Waals surface area contributed by atoms with Crippen LogP contribution in [0.25, 0.3) is 0 Å². The van der Waals surface area contributed by atoms with Crippen molar-refractivity contribution in [1.82, 2.24) is 4.90 Å². The molecule has 0 aromatic heterocycles. The van der Waals surface area contributed by atoms with E-state index in [0.29, 0.717) is 11.5 Å². The van der Waals surface area contributed by atoms with Crippen LogP contribution in [0, 0.1) is 28.1 Å². The van der Waals surface area contributed by atoms with Crippen molar-refractivity contribution in [3.63, 3.8) is 0 Å². The normalized spacial score (nSPS) is 27.2. The van der Waals surface area contributed by atoms with E-state index in [4.69, 9.17) is 0 Å². The highest BCUT2D eigenvalue weighted by Crippen LogP contribution is 2.49. The molecule has 21 heavy (non-hydrogen) atoms. The third-order valence-corrected chi connectivity index (χ3v) is 5.22. The van der Waals surface area contributed by atoms with Gasteiger partial charge in [-0.1, -0.05) is 19.9 Å². The second-order valence-corrected chi connectivity index (χ2v) is 7.52. The minimum atomic E-state index is -0.470. The quantitative estimate of drug-likeness (QED) is 0.744. The van der Waals surface area contributed by atoms with Gasteiger partial charge in [-0.25, -0.2) is 0 Å². The maximum absolute atomic E-state index is 12.2. The minimum absolute atomic E-state index is 0.0351. The number of hydrogen-bond acceptors (Lipinski definition) is 3. The van der Waals surface area contributed by atoms with E-state index in [1.807, 2.05) is 24.8 Å². The molecule has 2 aliphatic carbocycles. The molecule has 3 rings (SSSR count). The van der Waals surface area contributed by atoms with Crippen LogP contribution >= 0.6 is 0 Å². The van der Waals surface area contributed by atoms with Gasteiger partial charge in [-0.05, 0) is 37.5 Å². The number of likely N-dealkylation sites (tertiary alicyclic amines) is 1. The van der Waals surface area contributed by atoms with Gasteiger partial charge in [-0.2, -0.15) is 5.26 Å². The van der Waals surface area contributed by atoms with Crippen LogP contribution in [0.5, 0.6) is 0 Å². The Labute approximate surface area is 125 Å². The molecule has 0 unspecified atom stereocenters. The first-order valence-corrected chi connectivity index (χ1v) is 7.83. The van der Waals surface area contributed by atoms with Crippen molar-refractivity contribution in [2.45, 2.75) is 46.0 Å². The highest BCUT2D eigenvalue weighted by molar-refractivity contribution is 6.03. The van der Waals surface area contributed by atoms with Crippen molar-refractivity contribution in [1.29, 1.82) is 5.26 Å². The van der Waals surface area contributed by atoms with Gasteiger partial charge in [0.1, 0.15) is 6.07 Å². The molecule has 1 saturated carbocycles. The summed E-state index contributed by atoms with van der Waals surface area (Å²) in [5.74, 6) is 0.543. The van der Waals surface area contributed by atoms with Crippen molar-refractivity contribution in [3.8, 4) is 6.07 Å². The summed E-state index contributed by atoms with van der Waals surface area (Å²) < 4.78 is 0. The van der Waals surface area contributed by atoms with Crippen molar-refractivity contribution >= 4 is 11.7 Å². The lowest BCUT2D eigenvalue weighted by atomic mass is 9.61. The van der Waals surface area contributed by atoms with E-state index in [1.54, 1.807) is 0 Å². The fourth-order valence-corrected chi connectivity index (χ4v) is 3.91. The third kappa shape index (κ3) is 2.50. The number of ketones is 1. The lowest BCUT2D eigenvalue weighted by Crippen LogP contribution is -2.47. The number of rotatable bonds is 1. The monoisotopic (exact) mass is 286 g/mol. The zero-order valence-corrected chi connectivity index (χ0v) is 12.8. The zero-order valence-electron chi connectivity index (χ0n) is 12.8. The predicted octanol–water partition coefficient (Wildman–Crippen LogP) is 2.45. The fraction of sp³-hybridized carbons (Fsp3) is 0.706. The Morgan fingerprint density at radius 1 is 1.33 bits per heavy atom. The number of nitriles is 1. The molecule has 0 N–H and O–H groups in total. The molecular formula is C17H22N2O2. The molecule has 1 amide bonds. The lowest BCUT2D eigenvalue weighted by molar-refractivity contribution is -0.136. The Balaban J connectivity index is 1.77. The van der Waals surface area contributed by atoms with Gasteiger partial charge < -0.3 is 4.90 Å². The molecule has 0 radical (unpaired) electrons. The average molecular weight is 286 g/mol. The van der Waals surface area contributed by atoms with Crippen molar-refractivity contribution in [2.75, 3.05) is 13.1 Å². The van der Waals surface area contributed by atoms with Gasteiger partial charge in [0.25, 0.3) is 0 Å². The molecule has 0 aromatic carbocycles. The van der Waals surface area contributed by atoms with Gasteiger partial charge in [0.05, 0.1) is 5.57 Å². The van der Waals surface area contributed by atoms with Crippen LogP contribution in [0.1, 0.15) is 46.0 Å². The smallest absolute Gasteiger partial charge is 0.225 e. The number of allylic oxidation sites excluding steroid dienone is 2. The van der Waals surface area contributed by atoms with E-state index < -0.39 is 5.41 Å². The number of carbonyl (C=O) groups excluding carboxylic acids is 2. The summed E-state index contributed by atoms with van der Waals surface area (Å²) in [6.07, 6.45) is 6.51. The molecule has 1 aliphatic heterocycles. The Hall–Kier alpha value is -1.63. The summed E-state index contributed by atoms with van der Waals surface area (Å²) in [5, 5.41) is 9.23. The van der Waals surface area contributed by atoms with Crippen LogP contribution in [-0.4, -0.2) is 29.7 Å². The van der Waals surface area contributed by atoms with Crippen LogP contribution < -0.4 is 0 Å². The lowest BCUT2D eigenvalue weighted by Gasteiger charge is -2.46. The summed E-state index contributed by atoms with van der Waals surface area (Å²) in [4.78, 5) is 26.3. The van der Waals surface area contributed by atoms with E-state index in [9.17, 15) is 14.9 Å². The molecule has 0 atom stereocenters. The summed E-state index contributed by atoms with van der Waals surface area (Å²) in [7, 11) is 0. The van der Waals surface area contributed by atoms with Crippen LogP contribution in [0.3, 0.4) is 0 Å². The van der Waals surface area contributed by atoms with E-state index in [-0.39, 0.29) is 17.1 Å². The Morgan fingerprint density at radius 2 is 1.95 bits per heavy atom. The molecule has 4 heteroatoms. The topological polar surface area (TPSA) is 61.2 Å². The van der Waals surface area contributed by atoms with E-state index in [1.165, 1.54) is 0 Å². The van der Waals surface area contributed by atoms with Crippen molar-refractivity contribution in [2.24, 2.45) is 16.7 Å². The number of piperidine rings is 1. The standard InChI is InChI=1S/C17H22N2O2/c1-16(2)11-17(9-13(10-18)14(16)20)5-7-19(8-6-17)15(21)12-3-4-12/h9,12H,3-8,11H2,1-2H3. The van der Waals surface area contributed by atoms with Gasteiger partial charge >= 0.3 is 0 Å². The van der Waals surface area contributed by atoms with Crippen molar-refractivity contribution < 1.29 is 9.59 Å². The average Bonchev–Trinajstić information content (AvgIpc) is 3.27. The second-order valence-electron chi connectivity index (χ2n) is 7.52. The summed E-state index contributed by atoms with van der Waals surface area (Å²) in [5.41, 5.74) is -0.237. The number of carbonyl (C=O) groups is 2. The van der Waals surface area contributed by atoms with Gasteiger partial charge in [-0.15, -0.1) is 0 Å². The highest BCUT2D eigenvalue weighted by Gasteiger charge is 2.47. The van der Waals surface area contributed by atoms with E-state index in [0.717, 1.165) is 45.2 Å². The van der Waals surface area contributed by atoms with E-state index in [2.05, 4.69) is 6.07 Å². The first kappa shape index (κ1) is 14.3. The Kier molecular flexibility index (Phi) is 3.20. The molecule has 1 spiro atoms. The SMILES string of the molecule is CC1(C)CC2(C=C(C#N)C1=O)CCN(C(=O)C1CC1)CC2. The third-order valence-electron chi connectivity index (χ3n) is 5.22. The van der Waals surface area contributed by atoms with Crippen LogP contribution in [-0.2, 0) is 9.59 Å². The van der Waals surface area contributed by atoms with Gasteiger partial charge in [0, 0.05) is 24.4 Å².